The van der Waals surface area contributed by atoms with E-state index in [0.717, 1.165) is 4.31 Å². The van der Waals surface area contributed by atoms with Gasteiger partial charge in [0.2, 0.25) is 10.0 Å². The van der Waals surface area contributed by atoms with E-state index in [1.807, 2.05) is 6.92 Å². The van der Waals surface area contributed by atoms with Gasteiger partial charge < -0.3 is 5.11 Å². The molecule has 5 nitrogen and oxygen atoms in total. The predicted molar refractivity (Wildman–Crippen MR) is 53.6 cm³/mol. The molecule has 0 aliphatic rings. The Morgan fingerprint density at radius 2 is 1.86 bits per heavy atom. The van der Waals surface area contributed by atoms with E-state index in [-0.39, 0.29) is 12.3 Å². The first-order valence-corrected chi connectivity index (χ1v) is 6.24. The lowest BCUT2D eigenvalue weighted by Gasteiger charge is -2.18. The number of carboxylic acid groups (broad SMARTS) is 1. The highest BCUT2D eigenvalue weighted by atomic mass is 32.2. The number of hydrogen-bond donors (Lipinski definition) is 1. The SMILES string of the molecule is CCCN(CC(=O)O)S(=O)(=O)CCC. The molecule has 0 saturated carbocycles. The average Bonchev–Trinajstić information content (AvgIpc) is 2.02. The molecule has 0 rings (SSSR count). The van der Waals surface area contributed by atoms with E-state index < -0.39 is 22.5 Å². The van der Waals surface area contributed by atoms with Gasteiger partial charge in [0, 0.05) is 6.54 Å². The van der Waals surface area contributed by atoms with E-state index in [2.05, 4.69) is 0 Å². The van der Waals surface area contributed by atoms with Crippen LogP contribution in [0, 0.1) is 0 Å². The molecule has 6 heteroatoms. The fourth-order valence-corrected chi connectivity index (χ4v) is 2.65. The van der Waals surface area contributed by atoms with Crippen LogP contribution in [0.4, 0.5) is 0 Å². The summed E-state index contributed by atoms with van der Waals surface area (Å²) in [5, 5.41) is 8.54. The lowest BCUT2D eigenvalue weighted by atomic mass is 10.5. The fraction of sp³-hybridized carbons (Fsp3) is 0.875. The number of nitrogens with zero attached hydrogens (tertiary/aromatic N) is 1. The first-order valence-electron chi connectivity index (χ1n) is 4.63. The number of hydrogen-bond acceptors (Lipinski definition) is 3. The van der Waals surface area contributed by atoms with Gasteiger partial charge in [-0.15, -0.1) is 0 Å². The molecule has 0 bridgehead atoms. The summed E-state index contributed by atoms with van der Waals surface area (Å²) in [6.07, 6.45) is 1.12. The second-order valence-electron chi connectivity index (χ2n) is 3.04. The molecule has 0 aliphatic carbocycles. The standard InChI is InChI=1S/C8H17NO4S/c1-3-5-9(7-8(10)11)14(12,13)6-4-2/h3-7H2,1-2H3,(H,10,11). The third kappa shape index (κ3) is 4.57. The molecule has 0 atom stereocenters. The Balaban J connectivity index is 4.54. The first-order chi connectivity index (χ1) is 6.44. The predicted octanol–water partition coefficient (Wildman–Crippen LogP) is 0.523. The minimum absolute atomic E-state index is 0.0142. The smallest absolute Gasteiger partial charge is 0.318 e. The second-order valence-corrected chi connectivity index (χ2v) is 5.13. The van der Waals surface area contributed by atoms with Crippen LogP contribution in [-0.2, 0) is 14.8 Å². The van der Waals surface area contributed by atoms with Gasteiger partial charge in [-0.1, -0.05) is 13.8 Å². The van der Waals surface area contributed by atoms with Crippen LogP contribution in [0.5, 0.6) is 0 Å². The summed E-state index contributed by atoms with van der Waals surface area (Å²) < 4.78 is 24.1. The third-order valence-corrected chi connectivity index (χ3v) is 3.66. The summed E-state index contributed by atoms with van der Waals surface area (Å²) in [7, 11) is -3.38. The molecule has 1 N–H and O–H groups in total. The second kappa shape index (κ2) is 5.98. The van der Waals surface area contributed by atoms with Crippen molar-refractivity contribution in [3.63, 3.8) is 0 Å². The number of carboxylic acids is 1. The van der Waals surface area contributed by atoms with Gasteiger partial charge in [-0.05, 0) is 12.8 Å². The monoisotopic (exact) mass is 223 g/mol. The van der Waals surface area contributed by atoms with E-state index in [1.165, 1.54) is 0 Å². The normalized spacial score (nSPS) is 11.9. The van der Waals surface area contributed by atoms with E-state index in [4.69, 9.17) is 5.11 Å². The number of aliphatic carboxylic acids is 1. The molecule has 0 unspecified atom stereocenters. The average molecular weight is 223 g/mol. The van der Waals surface area contributed by atoms with Crippen LogP contribution >= 0.6 is 0 Å². The van der Waals surface area contributed by atoms with Crippen LogP contribution in [-0.4, -0.2) is 42.6 Å². The Bertz CT molecular complexity index is 273. The molecular weight excluding hydrogens is 206 g/mol. The van der Waals surface area contributed by atoms with Crippen molar-refractivity contribution in [2.24, 2.45) is 0 Å². The summed E-state index contributed by atoms with van der Waals surface area (Å²) in [6.45, 7) is 3.41. The molecule has 0 saturated heterocycles. The zero-order chi connectivity index (χ0) is 11.2. The maximum Gasteiger partial charge on any atom is 0.318 e. The summed E-state index contributed by atoms with van der Waals surface area (Å²) in [6, 6.07) is 0. The van der Waals surface area contributed by atoms with Crippen molar-refractivity contribution in [2.45, 2.75) is 26.7 Å². The van der Waals surface area contributed by atoms with Gasteiger partial charge in [-0.3, -0.25) is 4.79 Å². The third-order valence-electron chi connectivity index (χ3n) is 1.64. The van der Waals surface area contributed by atoms with Crippen molar-refractivity contribution < 1.29 is 18.3 Å². The van der Waals surface area contributed by atoms with Gasteiger partial charge in [0.05, 0.1) is 5.75 Å². The Labute approximate surface area is 84.8 Å². The van der Waals surface area contributed by atoms with Crippen molar-refractivity contribution in [2.75, 3.05) is 18.8 Å². The molecule has 0 aliphatic heterocycles. The molecule has 0 amide bonds. The quantitative estimate of drug-likeness (QED) is 0.683. The van der Waals surface area contributed by atoms with Gasteiger partial charge in [-0.25, -0.2) is 8.42 Å². The van der Waals surface area contributed by atoms with Crippen molar-refractivity contribution >= 4 is 16.0 Å². The Hall–Kier alpha value is -0.620. The maximum atomic E-state index is 11.5. The molecule has 0 spiro atoms. The molecule has 0 heterocycles. The number of rotatable bonds is 7. The van der Waals surface area contributed by atoms with Crippen LogP contribution in [0.15, 0.2) is 0 Å². The fourth-order valence-electron chi connectivity index (χ4n) is 1.10. The molecule has 0 radical (unpaired) electrons. The highest BCUT2D eigenvalue weighted by molar-refractivity contribution is 7.89. The molecule has 0 aromatic rings. The lowest BCUT2D eigenvalue weighted by molar-refractivity contribution is -0.137. The molecular formula is C8H17NO4S. The molecule has 0 fully saturated rings. The van der Waals surface area contributed by atoms with E-state index >= 15 is 0 Å². The van der Waals surface area contributed by atoms with Gasteiger partial charge >= 0.3 is 5.97 Å². The van der Waals surface area contributed by atoms with E-state index in [9.17, 15) is 13.2 Å². The van der Waals surface area contributed by atoms with Crippen LogP contribution in [0.3, 0.4) is 0 Å². The molecule has 14 heavy (non-hydrogen) atoms. The van der Waals surface area contributed by atoms with Crippen LogP contribution < -0.4 is 0 Å². The van der Waals surface area contributed by atoms with Gasteiger partial charge in [0.25, 0.3) is 0 Å². The Morgan fingerprint density at radius 1 is 1.29 bits per heavy atom. The molecule has 0 aromatic carbocycles. The topological polar surface area (TPSA) is 74.7 Å². The largest absolute Gasteiger partial charge is 0.480 e. The zero-order valence-corrected chi connectivity index (χ0v) is 9.38. The molecule has 0 aromatic heterocycles. The number of carbonyl (C=O) groups is 1. The highest BCUT2D eigenvalue weighted by Crippen LogP contribution is 2.04. The van der Waals surface area contributed by atoms with Crippen LogP contribution in [0.25, 0.3) is 0 Å². The minimum atomic E-state index is -3.38. The molecule has 84 valence electrons. The van der Waals surface area contributed by atoms with Crippen LogP contribution in [0.2, 0.25) is 0 Å². The minimum Gasteiger partial charge on any atom is -0.480 e. The van der Waals surface area contributed by atoms with E-state index in [1.54, 1.807) is 6.92 Å². The Kier molecular flexibility index (Phi) is 5.71. The maximum absolute atomic E-state index is 11.5. The number of sulfonamides is 1. The summed E-state index contributed by atoms with van der Waals surface area (Å²) in [5.41, 5.74) is 0. The van der Waals surface area contributed by atoms with Crippen LogP contribution in [0.1, 0.15) is 26.7 Å². The van der Waals surface area contributed by atoms with Crippen molar-refractivity contribution in [1.82, 2.24) is 4.31 Å². The Morgan fingerprint density at radius 3 is 2.21 bits per heavy atom. The summed E-state index contributed by atoms with van der Waals surface area (Å²) in [5.74, 6) is -1.10. The summed E-state index contributed by atoms with van der Waals surface area (Å²) in [4.78, 5) is 10.4. The van der Waals surface area contributed by atoms with Crippen molar-refractivity contribution in [3.8, 4) is 0 Å². The highest BCUT2D eigenvalue weighted by Gasteiger charge is 2.22. The van der Waals surface area contributed by atoms with Gasteiger partial charge in [-0.2, -0.15) is 4.31 Å². The van der Waals surface area contributed by atoms with E-state index in [0.29, 0.717) is 12.8 Å². The van der Waals surface area contributed by atoms with Gasteiger partial charge in [0.1, 0.15) is 6.54 Å². The zero-order valence-electron chi connectivity index (χ0n) is 8.56. The lowest BCUT2D eigenvalue weighted by Crippen LogP contribution is -2.37. The summed E-state index contributed by atoms with van der Waals surface area (Å²) >= 11 is 0. The van der Waals surface area contributed by atoms with Gasteiger partial charge in [0.15, 0.2) is 0 Å². The van der Waals surface area contributed by atoms with Crippen molar-refractivity contribution in [1.29, 1.82) is 0 Å². The first kappa shape index (κ1) is 13.4. The van der Waals surface area contributed by atoms with Crippen molar-refractivity contribution in [3.05, 3.63) is 0 Å².